The molecule has 0 atom stereocenters. The molecule has 0 aliphatic heterocycles. The van der Waals surface area contributed by atoms with E-state index in [0.29, 0.717) is 6.42 Å². The second kappa shape index (κ2) is 11.7. The Morgan fingerprint density at radius 3 is 0.913 bits per heavy atom. The van der Waals surface area contributed by atoms with Crippen molar-refractivity contribution in [2.24, 2.45) is 0 Å². The third-order valence-electron chi connectivity index (χ3n) is 9.23. The standard InChI is InChI=1S/C42H54O4/c1-38(2,3)30-21-26(13-17-34(30)43)25-42(27-14-18-35(44)31(22-27)39(4,5)6,28-15-19-36(45)32(23-28)40(7,8)9)29-16-20-37(46)33(24-29)41(10,11)12/h13-24,43-46H,25H2,1-12H3. The van der Waals surface area contributed by atoms with E-state index in [2.05, 4.69) is 107 Å². The molecule has 4 N–H and O–H groups in total. The van der Waals surface area contributed by atoms with Crippen LogP contribution in [0.2, 0.25) is 0 Å². The second-order valence-corrected chi connectivity index (χ2v) is 17.1. The summed E-state index contributed by atoms with van der Waals surface area (Å²) < 4.78 is 0. The zero-order valence-electron chi connectivity index (χ0n) is 29.9. The number of aromatic hydroxyl groups is 4. The van der Waals surface area contributed by atoms with Crippen molar-refractivity contribution in [1.29, 1.82) is 0 Å². The van der Waals surface area contributed by atoms with Crippen molar-refractivity contribution in [3.05, 3.63) is 117 Å². The molecule has 0 spiro atoms. The van der Waals surface area contributed by atoms with Gasteiger partial charge >= 0.3 is 0 Å². The van der Waals surface area contributed by atoms with Gasteiger partial charge in [0.1, 0.15) is 23.0 Å². The predicted octanol–water partition coefficient (Wildman–Crippen LogP) is 10.3. The third-order valence-corrected chi connectivity index (χ3v) is 9.23. The molecular formula is C42H54O4. The lowest BCUT2D eigenvalue weighted by atomic mass is 9.63. The Morgan fingerprint density at radius 1 is 0.370 bits per heavy atom. The molecule has 0 aliphatic carbocycles. The Hall–Kier alpha value is -3.92. The van der Waals surface area contributed by atoms with Gasteiger partial charge in [-0.05, 0) is 96.9 Å². The van der Waals surface area contributed by atoms with Crippen LogP contribution in [0.25, 0.3) is 0 Å². The molecular weight excluding hydrogens is 568 g/mol. The van der Waals surface area contributed by atoms with Gasteiger partial charge in [-0.2, -0.15) is 0 Å². The van der Waals surface area contributed by atoms with Gasteiger partial charge in [-0.1, -0.05) is 132 Å². The summed E-state index contributed by atoms with van der Waals surface area (Å²) >= 11 is 0. The van der Waals surface area contributed by atoms with Gasteiger partial charge in [0.15, 0.2) is 0 Å². The van der Waals surface area contributed by atoms with Gasteiger partial charge in [-0.25, -0.2) is 0 Å². The molecule has 4 aromatic rings. The van der Waals surface area contributed by atoms with Crippen LogP contribution in [0.5, 0.6) is 23.0 Å². The molecule has 0 fully saturated rings. The Balaban J connectivity index is 2.24. The molecule has 0 saturated carbocycles. The highest BCUT2D eigenvalue weighted by atomic mass is 16.3. The van der Waals surface area contributed by atoms with Gasteiger partial charge < -0.3 is 20.4 Å². The smallest absolute Gasteiger partial charge is 0.119 e. The predicted molar refractivity (Wildman–Crippen MR) is 191 cm³/mol. The molecule has 0 unspecified atom stereocenters. The molecule has 0 aliphatic rings. The average molecular weight is 623 g/mol. The number of phenolic OH excluding ortho intramolecular Hbond substituents is 4. The van der Waals surface area contributed by atoms with Crippen LogP contribution in [0.3, 0.4) is 0 Å². The number of benzene rings is 4. The summed E-state index contributed by atoms with van der Waals surface area (Å²) in [6.45, 7) is 25.2. The zero-order chi connectivity index (χ0) is 34.6. The van der Waals surface area contributed by atoms with Crippen LogP contribution < -0.4 is 0 Å². The minimum absolute atomic E-state index is 0.243. The largest absolute Gasteiger partial charge is 0.508 e. The van der Waals surface area contributed by atoms with Crippen LogP contribution in [0.15, 0.2) is 72.8 Å². The first-order valence-corrected chi connectivity index (χ1v) is 16.3. The first-order valence-electron chi connectivity index (χ1n) is 16.3. The summed E-state index contributed by atoms with van der Waals surface area (Å²) in [5, 5.41) is 44.2. The lowest BCUT2D eigenvalue weighted by Gasteiger charge is -2.39. The fraction of sp³-hybridized carbons (Fsp3) is 0.429. The minimum atomic E-state index is -0.818. The van der Waals surface area contributed by atoms with Gasteiger partial charge in [0, 0.05) is 5.41 Å². The highest BCUT2D eigenvalue weighted by Gasteiger charge is 2.40. The number of hydrogen-bond donors (Lipinski definition) is 4. The van der Waals surface area contributed by atoms with E-state index in [9.17, 15) is 20.4 Å². The average Bonchev–Trinajstić information content (AvgIpc) is 2.91. The van der Waals surface area contributed by atoms with Crippen molar-refractivity contribution in [3.63, 3.8) is 0 Å². The summed E-state index contributed by atoms with van der Waals surface area (Å²) in [7, 11) is 0. The van der Waals surface area contributed by atoms with Crippen LogP contribution in [0.1, 0.15) is 128 Å². The van der Waals surface area contributed by atoms with Crippen molar-refractivity contribution in [3.8, 4) is 23.0 Å². The normalized spacial score (nSPS) is 13.2. The summed E-state index contributed by atoms with van der Waals surface area (Å²) in [4.78, 5) is 0. The van der Waals surface area contributed by atoms with Crippen molar-refractivity contribution in [2.75, 3.05) is 0 Å². The quantitative estimate of drug-likeness (QED) is 0.167. The summed E-state index contributed by atoms with van der Waals surface area (Å²) in [5.41, 5.74) is 5.25. The number of phenols is 4. The fourth-order valence-corrected chi connectivity index (χ4v) is 6.61. The lowest BCUT2D eigenvalue weighted by molar-refractivity contribution is 0.441. The molecule has 4 rings (SSSR count). The molecule has 0 amide bonds. The van der Waals surface area contributed by atoms with Crippen LogP contribution >= 0.6 is 0 Å². The molecule has 0 bridgehead atoms. The van der Waals surface area contributed by atoms with E-state index in [-0.39, 0.29) is 44.7 Å². The highest BCUT2D eigenvalue weighted by molar-refractivity contribution is 5.59. The second-order valence-electron chi connectivity index (χ2n) is 17.1. The molecule has 4 nitrogen and oxygen atoms in total. The zero-order valence-corrected chi connectivity index (χ0v) is 29.9. The first-order chi connectivity index (χ1) is 21.0. The fourth-order valence-electron chi connectivity index (χ4n) is 6.61. The topological polar surface area (TPSA) is 80.9 Å². The molecule has 0 aromatic heterocycles. The van der Waals surface area contributed by atoms with E-state index in [1.165, 1.54) is 0 Å². The van der Waals surface area contributed by atoms with Crippen LogP contribution in [-0.2, 0) is 33.5 Å². The molecule has 4 heteroatoms. The molecule has 0 saturated heterocycles. The van der Waals surface area contributed by atoms with Gasteiger partial charge in [0.2, 0.25) is 0 Å². The van der Waals surface area contributed by atoms with Crippen molar-refractivity contribution < 1.29 is 20.4 Å². The highest BCUT2D eigenvalue weighted by Crippen LogP contribution is 2.49. The molecule has 246 valence electrons. The Labute approximate surface area is 276 Å². The van der Waals surface area contributed by atoms with Crippen LogP contribution in [0, 0.1) is 0 Å². The van der Waals surface area contributed by atoms with E-state index in [0.717, 1.165) is 44.5 Å². The van der Waals surface area contributed by atoms with Crippen molar-refractivity contribution in [2.45, 2.75) is 117 Å². The molecule has 0 radical (unpaired) electrons. The summed E-state index contributed by atoms with van der Waals surface area (Å²) in [6, 6.07) is 23.6. The van der Waals surface area contributed by atoms with Gasteiger partial charge in [0.05, 0.1) is 0 Å². The van der Waals surface area contributed by atoms with Gasteiger partial charge in [0.25, 0.3) is 0 Å². The minimum Gasteiger partial charge on any atom is -0.508 e. The molecule has 46 heavy (non-hydrogen) atoms. The van der Waals surface area contributed by atoms with Crippen molar-refractivity contribution in [1.82, 2.24) is 0 Å². The van der Waals surface area contributed by atoms with E-state index in [1.807, 2.05) is 24.3 Å². The summed E-state index contributed by atoms with van der Waals surface area (Å²) in [5.74, 6) is 0.992. The monoisotopic (exact) mass is 622 g/mol. The molecule has 0 heterocycles. The van der Waals surface area contributed by atoms with E-state index >= 15 is 0 Å². The van der Waals surface area contributed by atoms with Gasteiger partial charge in [-0.3, -0.25) is 0 Å². The van der Waals surface area contributed by atoms with E-state index in [1.54, 1.807) is 24.3 Å². The Bertz CT molecular complexity index is 1580. The Kier molecular flexibility index (Phi) is 8.89. The maximum Gasteiger partial charge on any atom is 0.119 e. The number of rotatable bonds is 5. The van der Waals surface area contributed by atoms with Crippen LogP contribution in [-0.4, -0.2) is 20.4 Å². The lowest BCUT2D eigenvalue weighted by Crippen LogP contribution is -2.34. The maximum absolute atomic E-state index is 11.1. The Morgan fingerprint density at radius 2 is 0.630 bits per heavy atom. The molecule has 4 aromatic carbocycles. The van der Waals surface area contributed by atoms with Crippen LogP contribution in [0.4, 0.5) is 0 Å². The van der Waals surface area contributed by atoms with E-state index in [4.69, 9.17) is 0 Å². The third kappa shape index (κ3) is 6.77. The maximum atomic E-state index is 11.1. The van der Waals surface area contributed by atoms with Crippen molar-refractivity contribution >= 4 is 0 Å². The SMILES string of the molecule is CC(C)(C)c1cc(CC(c2ccc(O)c(C(C)(C)C)c2)(c2ccc(O)c(C(C)(C)C)c2)c2ccc(O)c(C(C)(C)C)c2)ccc1O. The van der Waals surface area contributed by atoms with Gasteiger partial charge in [-0.15, -0.1) is 0 Å². The van der Waals surface area contributed by atoms with E-state index < -0.39 is 5.41 Å². The summed E-state index contributed by atoms with van der Waals surface area (Å²) in [6.07, 6.45) is 0.521. The first kappa shape index (κ1) is 34.9. The number of hydrogen-bond acceptors (Lipinski definition) is 4.